The Labute approximate surface area is 283 Å². The van der Waals surface area contributed by atoms with Gasteiger partial charge >= 0.3 is 11.9 Å². The second-order valence-corrected chi connectivity index (χ2v) is 13.7. The van der Waals surface area contributed by atoms with Gasteiger partial charge in [-0.25, -0.2) is 9.59 Å². The van der Waals surface area contributed by atoms with E-state index in [1.165, 1.54) is 36.5 Å². The summed E-state index contributed by atoms with van der Waals surface area (Å²) < 4.78 is 1.26. The third-order valence-electron chi connectivity index (χ3n) is 6.79. The zero-order valence-corrected chi connectivity index (χ0v) is 28.1. The number of carboxylic acids is 2. The molecule has 0 radical (unpaired) electrons. The molecule has 4 aromatic heterocycles. The van der Waals surface area contributed by atoms with Crippen LogP contribution >= 0.6 is 69.1 Å². The van der Waals surface area contributed by atoms with E-state index in [0.717, 1.165) is 27.1 Å². The molecule has 0 bridgehead atoms. The van der Waals surface area contributed by atoms with Gasteiger partial charge in [0.15, 0.2) is 11.6 Å². The van der Waals surface area contributed by atoms with Gasteiger partial charge in [-0.3, -0.25) is 9.59 Å². The highest BCUT2D eigenvalue weighted by molar-refractivity contribution is 7.20. The maximum atomic E-state index is 11.9. The predicted octanol–water partition coefficient (Wildman–Crippen LogP) is 10.5. The highest BCUT2D eigenvalue weighted by Crippen LogP contribution is 2.42. The molecule has 6 rings (SSSR count). The molecular weight excluding hydrogens is 702 g/mol. The monoisotopic (exact) mass is 720 g/mol. The van der Waals surface area contributed by atoms with Crippen molar-refractivity contribution in [2.75, 3.05) is 0 Å². The number of carboxylic acid groups (broad SMARTS) is 2. The summed E-state index contributed by atoms with van der Waals surface area (Å²) in [4.78, 5) is 53.1. The summed E-state index contributed by atoms with van der Waals surface area (Å²) in [6.07, 6.45) is 0. The normalized spacial score (nSPS) is 11.1. The molecule has 230 valence electrons. The first-order valence-electron chi connectivity index (χ1n) is 12.9. The van der Waals surface area contributed by atoms with Crippen LogP contribution in [0.1, 0.15) is 60.4 Å². The van der Waals surface area contributed by atoms with Gasteiger partial charge in [-0.15, -0.1) is 22.7 Å². The van der Waals surface area contributed by atoms with Crippen LogP contribution in [0.25, 0.3) is 42.7 Å². The Morgan fingerprint density at radius 2 is 1.11 bits per heavy atom. The van der Waals surface area contributed by atoms with Crippen LogP contribution in [0.2, 0.25) is 20.1 Å². The van der Waals surface area contributed by atoms with Crippen molar-refractivity contribution in [1.82, 2.24) is 9.97 Å². The van der Waals surface area contributed by atoms with Crippen LogP contribution in [0.3, 0.4) is 0 Å². The fraction of sp³-hybridized carbons (Fsp3) is 0.0968. The topological polar surface area (TPSA) is 140 Å². The molecule has 0 spiro atoms. The van der Waals surface area contributed by atoms with E-state index in [1.54, 1.807) is 36.4 Å². The molecule has 2 aromatic carbocycles. The van der Waals surface area contributed by atoms with E-state index in [4.69, 9.17) is 46.4 Å². The second-order valence-electron chi connectivity index (χ2n) is 9.88. The van der Waals surface area contributed by atoms with Crippen LogP contribution in [0.4, 0.5) is 0 Å². The van der Waals surface area contributed by atoms with E-state index in [9.17, 15) is 29.4 Å². The number of carbonyl (C=O) groups is 4. The SMILES string of the molecule is CC(=O)c1c(C(=O)O)[nH]c2c(-c3cc(Cl)cc(Cl)c3)c(C)sc12.CC(=O)c1c(C(=O)O)[nH]c2c(-c3cc(Cl)cc(Cl)c3)csc12. The van der Waals surface area contributed by atoms with Gasteiger partial charge in [-0.2, -0.15) is 0 Å². The summed E-state index contributed by atoms with van der Waals surface area (Å²) in [5, 5.41) is 22.4. The fourth-order valence-corrected chi connectivity index (χ4v) is 8.48. The summed E-state index contributed by atoms with van der Waals surface area (Å²) in [6.45, 7) is 4.62. The molecule has 0 unspecified atom stereocenters. The molecule has 4 heterocycles. The molecule has 0 aliphatic rings. The quantitative estimate of drug-likeness (QED) is 0.126. The average Bonchev–Trinajstić information content (AvgIpc) is 3.65. The van der Waals surface area contributed by atoms with Crippen molar-refractivity contribution < 1.29 is 29.4 Å². The van der Waals surface area contributed by atoms with Crippen LogP contribution in [-0.2, 0) is 0 Å². The number of rotatable bonds is 6. The molecule has 45 heavy (non-hydrogen) atoms. The molecule has 4 N–H and O–H groups in total. The number of thiophene rings is 2. The number of hydrogen-bond donors (Lipinski definition) is 4. The van der Waals surface area contributed by atoms with Gasteiger partial charge in [0, 0.05) is 41.5 Å². The lowest BCUT2D eigenvalue weighted by atomic mass is 10.1. The molecule has 8 nitrogen and oxygen atoms in total. The predicted molar refractivity (Wildman–Crippen MR) is 182 cm³/mol. The molecule has 0 atom stereocenters. The van der Waals surface area contributed by atoms with Crippen LogP contribution in [0.15, 0.2) is 41.8 Å². The molecule has 6 aromatic rings. The lowest BCUT2D eigenvalue weighted by Gasteiger charge is -2.03. The molecule has 0 aliphatic carbocycles. The van der Waals surface area contributed by atoms with Crippen molar-refractivity contribution in [2.24, 2.45) is 0 Å². The number of H-pyrrole nitrogens is 2. The first kappa shape index (κ1) is 32.7. The highest BCUT2D eigenvalue weighted by Gasteiger charge is 2.26. The van der Waals surface area contributed by atoms with E-state index in [0.29, 0.717) is 40.5 Å². The Hall–Kier alpha value is -3.64. The number of nitrogens with one attached hydrogen (secondary N) is 2. The third-order valence-corrected chi connectivity index (χ3v) is 9.78. The highest BCUT2D eigenvalue weighted by atomic mass is 35.5. The summed E-state index contributed by atoms with van der Waals surface area (Å²) >= 11 is 26.9. The van der Waals surface area contributed by atoms with Gasteiger partial charge in [0.25, 0.3) is 0 Å². The standard InChI is InChI=1S/C16H11Cl2NO3S.C15H9Cl2NO3S/c1-6(20)11-14(16(21)22)19-13-12(7(2)23-15(11)13)8-3-9(17)5-10(18)4-8;1-6(19)11-13(15(20)21)18-12-10(5-22-14(11)12)7-2-8(16)4-9(17)3-7/h3-5,19H,1-2H3,(H,21,22);2-5,18H,1H3,(H,20,21). The van der Waals surface area contributed by atoms with Gasteiger partial charge in [0.1, 0.15) is 11.4 Å². The number of hydrogen-bond acceptors (Lipinski definition) is 6. The first-order chi connectivity index (χ1) is 21.2. The first-order valence-corrected chi connectivity index (χ1v) is 16.1. The minimum atomic E-state index is -1.16. The Balaban J connectivity index is 0.000000178. The van der Waals surface area contributed by atoms with E-state index in [2.05, 4.69) is 9.97 Å². The fourth-order valence-electron chi connectivity index (χ4n) is 5.07. The third kappa shape index (κ3) is 6.27. The molecule has 0 saturated heterocycles. The number of aromatic nitrogens is 2. The van der Waals surface area contributed by atoms with Gasteiger partial charge < -0.3 is 20.2 Å². The van der Waals surface area contributed by atoms with Crippen molar-refractivity contribution in [3.63, 3.8) is 0 Å². The van der Waals surface area contributed by atoms with Crippen molar-refractivity contribution in [1.29, 1.82) is 0 Å². The van der Waals surface area contributed by atoms with Crippen molar-refractivity contribution >= 4 is 113 Å². The lowest BCUT2D eigenvalue weighted by Crippen LogP contribution is -2.04. The largest absolute Gasteiger partial charge is 0.477 e. The number of fused-ring (bicyclic) bond motifs is 2. The van der Waals surface area contributed by atoms with E-state index in [1.807, 2.05) is 12.3 Å². The number of aromatic amines is 2. The number of Topliss-reactive ketones (excluding diaryl/α,β-unsaturated/α-hetero) is 2. The maximum Gasteiger partial charge on any atom is 0.353 e. The number of aryl methyl sites for hydroxylation is 1. The van der Waals surface area contributed by atoms with Gasteiger partial charge in [-0.1, -0.05) is 46.4 Å². The summed E-state index contributed by atoms with van der Waals surface area (Å²) in [5.74, 6) is -2.90. The summed E-state index contributed by atoms with van der Waals surface area (Å²) in [7, 11) is 0. The zero-order valence-electron chi connectivity index (χ0n) is 23.4. The smallest absolute Gasteiger partial charge is 0.353 e. The minimum Gasteiger partial charge on any atom is -0.477 e. The van der Waals surface area contributed by atoms with Crippen molar-refractivity contribution in [3.8, 4) is 22.3 Å². The van der Waals surface area contributed by atoms with Crippen LogP contribution in [-0.4, -0.2) is 43.7 Å². The maximum absolute atomic E-state index is 11.9. The second kappa shape index (κ2) is 12.6. The van der Waals surface area contributed by atoms with Crippen LogP contribution in [0, 0.1) is 6.92 Å². The van der Waals surface area contributed by atoms with Gasteiger partial charge in [-0.05, 0) is 68.3 Å². The molecule has 0 saturated carbocycles. The molecule has 0 aliphatic heterocycles. The Morgan fingerprint density at radius 1 is 0.667 bits per heavy atom. The number of aromatic carboxylic acids is 2. The van der Waals surface area contributed by atoms with E-state index in [-0.39, 0.29) is 34.1 Å². The number of halogens is 4. The molecule has 14 heteroatoms. The number of benzene rings is 2. The Bertz CT molecular complexity index is 2170. The molecule has 0 fully saturated rings. The summed E-state index contributed by atoms with van der Waals surface area (Å²) in [5.41, 5.74) is 4.56. The van der Waals surface area contributed by atoms with E-state index < -0.39 is 11.9 Å². The van der Waals surface area contributed by atoms with Gasteiger partial charge in [0.05, 0.1) is 31.6 Å². The average molecular weight is 722 g/mol. The van der Waals surface area contributed by atoms with Crippen molar-refractivity contribution in [3.05, 3.63) is 89.3 Å². The molecule has 0 amide bonds. The Kier molecular flexibility index (Phi) is 9.19. The van der Waals surface area contributed by atoms with Gasteiger partial charge in [0.2, 0.25) is 0 Å². The Morgan fingerprint density at radius 3 is 1.58 bits per heavy atom. The number of carbonyl (C=O) groups excluding carboxylic acids is 2. The van der Waals surface area contributed by atoms with Crippen LogP contribution in [0.5, 0.6) is 0 Å². The minimum absolute atomic E-state index is 0.0897. The molecular formula is C31H20Cl4N2O6S2. The lowest BCUT2D eigenvalue weighted by molar-refractivity contribution is 0.0678. The van der Waals surface area contributed by atoms with Crippen LogP contribution < -0.4 is 0 Å². The summed E-state index contributed by atoms with van der Waals surface area (Å²) in [6, 6.07) is 10.2. The number of ketones is 2. The van der Waals surface area contributed by atoms with Crippen molar-refractivity contribution in [2.45, 2.75) is 20.8 Å². The van der Waals surface area contributed by atoms with E-state index >= 15 is 0 Å². The zero-order chi connectivity index (χ0) is 32.9.